The van der Waals surface area contributed by atoms with Crippen molar-refractivity contribution < 1.29 is 9.21 Å². The van der Waals surface area contributed by atoms with Gasteiger partial charge < -0.3 is 9.32 Å². The van der Waals surface area contributed by atoms with Crippen molar-refractivity contribution in [3.05, 3.63) is 66.4 Å². The summed E-state index contributed by atoms with van der Waals surface area (Å²) in [5.74, 6) is 1.24. The zero-order valence-corrected chi connectivity index (χ0v) is 15.7. The summed E-state index contributed by atoms with van der Waals surface area (Å²) in [5, 5.41) is 2.27. The van der Waals surface area contributed by atoms with Gasteiger partial charge in [-0.25, -0.2) is 0 Å². The molecule has 1 aromatic carbocycles. The molecule has 5 nitrogen and oxygen atoms in total. The number of nitrogens with zero attached hydrogens (tertiary/aromatic N) is 3. The molecule has 0 saturated carbocycles. The zero-order chi connectivity index (χ0) is 18.6. The van der Waals surface area contributed by atoms with Gasteiger partial charge in [0.15, 0.2) is 0 Å². The number of amides is 1. The average Bonchev–Trinajstić information content (AvgIpc) is 3.21. The van der Waals surface area contributed by atoms with Gasteiger partial charge in [-0.2, -0.15) is 0 Å². The first kappa shape index (κ1) is 17.7. The van der Waals surface area contributed by atoms with Crippen LogP contribution < -0.4 is 0 Å². The molecular formula is C22H25N3O2. The fourth-order valence-electron chi connectivity index (χ4n) is 4.00. The molecule has 0 bridgehead atoms. The summed E-state index contributed by atoms with van der Waals surface area (Å²) in [7, 11) is 1.91. The normalized spacial score (nSPS) is 17.9. The molecule has 0 N–H and O–H groups in total. The summed E-state index contributed by atoms with van der Waals surface area (Å²) in [4.78, 5) is 21.4. The fraction of sp³-hybridized carbons (Fsp3) is 0.364. The summed E-state index contributed by atoms with van der Waals surface area (Å²) in [5.41, 5.74) is 1.16. The van der Waals surface area contributed by atoms with Crippen LogP contribution in [-0.4, -0.2) is 40.8 Å². The second-order valence-electron chi connectivity index (χ2n) is 7.36. The van der Waals surface area contributed by atoms with Crippen LogP contribution in [0.1, 0.15) is 24.2 Å². The molecule has 140 valence electrons. The van der Waals surface area contributed by atoms with Gasteiger partial charge in [-0.3, -0.25) is 14.7 Å². The van der Waals surface area contributed by atoms with Crippen LogP contribution in [0.15, 0.2) is 59.5 Å². The van der Waals surface area contributed by atoms with E-state index in [1.165, 1.54) is 0 Å². The highest BCUT2D eigenvalue weighted by Gasteiger charge is 2.28. The van der Waals surface area contributed by atoms with Crippen LogP contribution in [0.3, 0.4) is 0 Å². The molecule has 0 aliphatic carbocycles. The molecule has 3 aromatic rings. The number of fused-ring (bicyclic) bond motifs is 1. The summed E-state index contributed by atoms with van der Waals surface area (Å²) in [6.45, 7) is 3.21. The monoisotopic (exact) mass is 363 g/mol. The van der Waals surface area contributed by atoms with Gasteiger partial charge in [-0.1, -0.05) is 18.2 Å². The topological polar surface area (TPSA) is 49.6 Å². The second-order valence-corrected chi connectivity index (χ2v) is 7.36. The Labute approximate surface area is 159 Å². The van der Waals surface area contributed by atoms with Crippen LogP contribution in [0.2, 0.25) is 0 Å². The second kappa shape index (κ2) is 7.92. The number of carbonyl (C=O) groups is 1. The quantitative estimate of drug-likeness (QED) is 0.694. The first-order valence-corrected chi connectivity index (χ1v) is 9.52. The molecule has 1 amide bonds. The van der Waals surface area contributed by atoms with E-state index in [1.807, 2.05) is 42.4 Å². The van der Waals surface area contributed by atoms with Crippen molar-refractivity contribution in [2.75, 3.05) is 20.1 Å². The minimum Gasteiger partial charge on any atom is -0.468 e. The van der Waals surface area contributed by atoms with Crippen molar-refractivity contribution in [2.45, 2.75) is 25.9 Å². The number of benzene rings is 1. The van der Waals surface area contributed by atoms with Crippen molar-refractivity contribution in [1.29, 1.82) is 0 Å². The molecule has 1 atom stereocenters. The number of pyridine rings is 1. The van der Waals surface area contributed by atoms with E-state index < -0.39 is 0 Å². The molecule has 1 saturated heterocycles. The number of carbonyl (C=O) groups excluding carboxylic acids is 1. The highest BCUT2D eigenvalue weighted by molar-refractivity contribution is 5.85. The summed E-state index contributed by atoms with van der Waals surface area (Å²) < 4.78 is 5.46. The molecule has 27 heavy (non-hydrogen) atoms. The molecule has 0 spiro atoms. The number of furan rings is 1. The van der Waals surface area contributed by atoms with Crippen LogP contribution in [0.25, 0.3) is 10.8 Å². The lowest BCUT2D eigenvalue weighted by Crippen LogP contribution is -2.43. The van der Waals surface area contributed by atoms with Gasteiger partial charge in [0.1, 0.15) is 5.76 Å². The standard InChI is InChI=1S/C22H25N3O2/c1-24(14-18-6-2-5-17-13-23-10-9-21(17)18)22(26)19-7-3-11-25(15-19)16-20-8-4-12-27-20/h2,4-6,8-10,12-13,19H,3,7,11,14-16H2,1H3/t19-/m1/s1. The Balaban J connectivity index is 1.42. The lowest BCUT2D eigenvalue weighted by atomic mass is 9.96. The van der Waals surface area contributed by atoms with Crippen LogP contribution in [0, 0.1) is 5.92 Å². The van der Waals surface area contributed by atoms with Crippen LogP contribution in [0.4, 0.5) is 0 Å². The Morgan fingerprint density at radius 1 is 1.30 bits per heavy atom. The van der Waals surface area contributed by atoms with Gasteiger partial charge in [0, 0.05) is 37.9 Å². The predicted octanol–water partition coefficient (Wildman–Crippen LogP) is 3.70. The van der Waals surface area contributed by atoms with Crippen molar-refractivity contribution in [1.82, 2.24) is 14.8 Å². The third-order valence-electron chi connectivity index (χ3n) is 5.37. The Morgan fingerprint density at radius 3 is 3.07 bits per heavy atom. The maximum absolute atomic E-state index is 13.0. The Bertz CT molecular complexity index is 902. The van der Waals surface area contributed by atoms with E-state index in [4.69, 9.17) is 4.42 Å². The summed E-state index contributed by atoms with van der Waals surface area (Å²) >= 11 is 0. The predicted molar refractivity (Wildman–Crippen MR) is 105 cm³/mol. The maximum Gasteiger partial charge on any atom is 0.227 e. The lowest BCUT2D eigenvalue weighted by Gasteiger charge is -2.33. The van der Waals surface area contributed by atoms with Crippen molar-refractivity contribution in [3.8, 4) is 0 Å². The highest BCUT2D eigenvalue weighted by Crippen LogP contribution is 2.23. The molecule has 2 aromatic heterocycles. The number of aromatic nitrogens is 1. The third-order valence-corrected chi connectivity index (χ3v) is 5.37. The van der Waals surface area contributed by atoms with E-state index in [1.54, 1.807) is 12.5 Å². The Morgan fingerprint density at radius 2 is 2.22 bits per heavy atom. The maximum atomic E-state index is 13.0. The fourth-order valence-corrected chi connectivity index (χ4v) is 4.00. The number of piperidine rings is 1. The van der Waals surface area contributed by atoms with Crippen molar-refractivity contribution >= 4 is 16.7 Å². The SMILES string of the molecule is CN(Cc1cccc2cnccc12)C(=O)[C@@H]1CCCN(Cc2ccco2)C1. The average molecular weight is 363 g/mol. The Kier molecular flexibility index (Phi) is 5.21. The molecule has 4 rings (SSSR count). The van der Waals surface area contributed by atoms with Gasteiger partial charge in [-0.05, 0) is 48.5 Å². The van der Waals surface area contributed by atoms with Gasteiger partial charge >= 0.3 is 0 Å². The van der Waals surface area contributed by atoms with E-state index in [2.05, 4.69) is 22.0 Å². The summed E-state index contributed by atoms with van der Waals surface area (Å²) in [6, 6.07) is 12.1. The molecule has 1 fully saturated rings. The zero-order valence-electron chi connectivity index (χ0n) is 15.7. The molecule has 1 aliphatic heterocycles. The number of hydrogen-bond acceptors (Lipinski definition) is 4. The Hall–Kier alpha value is -2.66. The van der Waals surface area contributed by atoms with Gasteiger partial charge in [0.25, 0.3) is 0 Å². The molecule has 0 radical (unpaired) electrons. The van der Waals surface area contributed by atoms with E-state index >= 15 is 0 Å². The molecular weight excluding hydrogens is 338 g/mol. The highest BCUT2D eigenvalue weighted by atomic mass is 16.3. The van der Waals surface area contributed by atoms with Crippen molar-refractivity contribution in [2.24, 2.45) is 5.92 Å². The summed E-state index contributed by atoms with van der Waals surface area (Å²) in [6.07, 6.45) is 7.38. The van der Waals surface area contributed by atoms with E-state index in [9.17, 15) is 4.79 Å². The minimum atomic E-state index is 0.0513. The molecule has 1 aliphatic rings. The van der Waals surface area contributed by atoms with E-state index in [0.29, 0.717) is 6.54 Å². The van der Waals surface area contributed by atoms with E-state index in [0.717, 1.165) is 54.6 Å². The van der Waals surface area contributed by atoms with Crippen LogP contribution in [0.5, 0.6) is 0 Å². The van der Waals surface area contributed by atoms with E-state index in [-0.39, 0.29) is 11.8 Å². The third kappa shape index (κ3) is 4.03. The van der Waals surface area contributed by atoms with Gasteiger partial charge in [0.05, 0.1) is 18.7 Å². The molecule has 0 unspecified atom stereocenters. The first-order chi connectivity index (χ1) is 13.2. The number of likely N-dealkylation sites (tertiary alicyclic amines) is 1. The lowest BCUT2D eigenvalue weighted by molar-refractivity contribution is -0.136. The molecule has 3 heterocycles. The first-order valence-electron chi connectivity index (χ1n) is 9.52. The van der Waals surface area contributed by atoms with Gasteiger partial charge in [0.2, 0.25) is 5.91 Å². The van der Waals surface area contributed by atoms with Crippen molar-refractivity contribution in [3.63, 3.8) is 0 Å². The van der Waals surface area contributed by atoms with Crippen LogP contribution >= 0.6 is 0 Å². The largest absolute Gasteiger partial charge is 0.468 e. The molecule has 5 heteroatoms. The van der Waals surface area contributed by atoms with Crippen LogP contribution in [-0.2, 0) is 17.9 Å². The number of rotatable bonds is 5. The smallest absolute Gasteiger partial charge is 0.227 e. The van der Waals surface area contributed by atoms with Gasteiger partial charge in [-0.15, -0.1) is 0 Å². The number of hydrogen-bond donors (Lipinski definition) is 0. The minimum absolute atomic E-state index is 0.0513.